The van der Waals surface area contributed by atoms with E-state index >= 15 is 0 Å². The van der Waals surface area contributed by atoms with E-state index in [2.05, 4.69) is 15.3 Å². The number of hydrogen-bond acceptors (Lipinski definition) is 8. The number of halogens is 2. The first kappa shape index (κ1) is 21.4. The number of fused-ring (bicyclic) bond motifs is 1. The molecule has 162 valence electrons. The lowest BCUT2D eigenvalue weighted by atomic mass is 10.2. The van der Waals surface area contributed by atoms with E-state index in [0.717, 1.165) is 18.2 Å². The van der Waals surface area contributed by atoms with Gasteiger partial charge in [-0.1, -0.05) is 29.8 Å². The SMILES string of the molecule is O=[N+]([O-])c1cc2c(Nc3ccc(F)c(Cl)c3)ncnc2cc1OS(=O)(=O)c1ccccc1. The van der Waals surface area contributed by atoms with Crippen molar-refractivity contribution in [2.24, 2.45) is 0 Å². The molecule has 0 aliphatic carbocycles. The summed E-state index contributed by atoms with van der Waals surface area (Å²) in [7, 11) is -4.32. The molecule has 4 rings (SSSR count). The lowest BCUT2D eigenvalue weighted by molar-refractivity contribution is -0.385. The van der Waals surface area contributed by atoms with Gasteiger partial charge in [-0.25, -0.2) is 14.4 Å². The fourth-order valence-corrected chi connectivity index (χ4v) is 3.98. The molecule has 0 atom stereocenters. The molecule has 0 bridgehead atoms. The molecule has 3 aromatic carbocycles. The summed E-state index contributed by atoms with van der Waals surface area (Å²) in [6.45, 7) is 0. The molecule has 9 nitrogen and oxygen atoms in total. The van der Waals surface area contributed by atoms with Gasteiger partial charge in [0, 0.05) is 17.8 Å². The normalized spacial score (nSPS) is 11.3. The highest BCUT2D eigenvalue weighted by molar-refractivity contribution is 7.87. The van der Waals surface area contributed by atoms with Crippen LogP contribution in [0.1, 0.15) is 0 Å². The average Bonchev–Trinajstić information content (AvgIpc) is 2.76. The van der Waals surface area contributed by atoms with Crippen molar-refractivity contribution in [3.63, 3.8) is 0 Å². The van der Waals surface area contributed by atoms with Gasteiger partial charge in [0.05, 0.1) is 20.8 Å². The summed E-state index contributed by atoms with van der Waals surface area (Å²) in [6.07, 6.45) is 1.18. The Morgan fingerprint density at radius 1 is 1.06 bits per heavy atom. The molecule has 0 saturated carbocycles. The maximum atomic E-state index is 13.4. The van der Waals surface area contributed by atoms with Gasteiger partial charge in [-0.2, -0.15) is 8.42 Å². The second-order valence-corrected chi connectivity index (χ2v) is 8.37. The van der Waals surface area contributed by atoms with Crippen molar-refractivity contribution in [1.29, 1.82) is 0 Å². The summed E-state index contributed by atoms with van der Waals surface area (Å²) in [4.78, 5) is 18.8. The van der Waals surface area contributed by atoms with Crippen LogP contribution in [0.5, 0.6) is 5.75 Å². The highest BCUT2D eigenvalue weighted by Gasteiger charge is 2.25. The molecule has 1 N–H and O–H groups in total. The summed E-state index contributed by atoms with van der Waals surface area (Å²) in [5, 5.41) is 14.6. The van der Waals surface area contributed by atoms with E-state index in [1.807, 2.05) is 0 Å². The Balaban J connectivity index is 1.79. The van der Waals surface area contributed by atoms with Crippen LogP contribution in [-0.4, -0.2) is 23.3 Å². The van der Waals surface area contributed by atoms with Crippen LogP contribution in [0.3, 0.4) is 0 Å². The van der Waals surface area contributed by atoms with E-state index in [9.17, 15) is 22.9 Å². The van der Waals surface area contributed by atoms with Crippen LogP contribution in [-0.2, 0) is 10.1 Å². The number of nitro groups is 1. The maximum Gasteiger partial charge on any atom is 0.339 e. The van der Waals surface area contributed by atoms with Gasteiger partial charge < -0.3 is 9.50 Å². The first-order valence-corrected chi connectivity index (χ1v) is 10.7. The van der Waals surface area contributed by atoms with Gasteiger partial charge >= 0.3 is 15.8 Å². The molecule has 0 aliphatic heterocycles. The van der Waals surface area contributed by atoms with Gasteiger partial charge in [0.2, 0.25) is 5.75 Å². The molecule has 12 heteroatoms. The minimum absolute atomic E-state index is 0.124. The Morgan fingerprint density at radius 3 is 2.50 bits per heavy atom. The second-order valence-electron chi connectivity index (χ2n) is 6.42. The quantitative estimate of drug-likeness (QED) is 0.239. The molecular weight excluding hydrogens is 463 g/mol. The van der Waals surface area contributed by atoms with Crippen molar-refractivity contribution in [1.82, 2.24) is 9.97 Å². The van der Waals surface area contributed by atoms with E-state index in [4.69, 9.17) is 15.8 Å². The number of anilines is 2. The summed E-state index contributed by atoms with van der Waals surface area (Å²) >= 11 is 5.79. The molecule has 0 saturated heterocycles. The third-order valence-electron chi connectivity index (χ3n) is 4.33. The van der Waals surface area contributed by atoms with E-state index in [-0.39, 0.29) is 26.6 Å². The number of rotatable bonds is 6. The van der Waals surface area contributed by atoms with E-state index in [0.29, 0.717) is 5.69 Å². The van der Waals surface area contributed by atoms with Crippen LogP contribution in [0, 0.1) is 15.9 Å². The number of aromatic nitrogens is 2. The topological polar surface area (TPSA) is 124 Å². The maximum absolute atomic E-state index is 13.4. The zero-order chi connectivity index (χ0) is 22.9. The van der Waals surface area contributed by atoms with Gasteiger partial charge in [-0.15, -0.1) is 0 Å². The van der Waals surface area contributed by atoms with Crippen LogP contribution < -0.4 is 9.50 Å². The molecule has 0 radical (unpaired) electrons. The molecule has 4 aromatic rings. The first-order chi connectivity index (χ1) is 15.2. The molecule has 1 heterocycles. The van der Waals surface area contributed by atoms with Crippen molar-refractivity contribution < 1.29 is 21.9 Å². The summed E-state index contributed by atoms with van der Waals surface area (Å²) < 4.78 is 43.6. The van der Waals surface area contributed by atoms with Crippen molar-refractivity contribution in [2.45, 2.75) is 4.90 Å². The van der Waals surface area contributed by atoms with Crippen molar-refractivity contribution in [2.75, 3.05) is 5.32 Å². The average molecular weight is 475 g/mol. The number of hydrogen-bond donors (Lipinski definition) is 1. The molecule has 0 aliphatic rings. The largest absolute Gasteiger partial charge is 0.371 e. The van der Waals surface area contributed by atoms with E-state index in [1.54, 1.807) is 6.07 Å². The van der Waals surface area contributed by atoms with Gasteiger partial charge in [-0.05, 0) is 30.3 Å². The van der Waals surface area contributed by atoms with Crippen LogP contribution in [0.15, 0.2) is 71.9 Å². The Bertz CT molecular complexity index is 1450. The molecule has 0 unspecified atom stereocenters. The zero-order valence-corrected chi connectivity index (χ0v) is 17.5. The van der Waals surface area contributed by atoms with Gasteiger partial charge in [-0.3, -0.25) is 10.1 Å². The lowest BCUT2D eigenvalue weighted by Crippen LogP contribution is -2.11. The Hall–Kier alpha value is -3.83. The minimum Gasteiger partial charge on any atom is -0.371 e. The van der Waals surface area contributed by atoms with Crippen LogP contribution in [0.2, 0.25) is 5.02 Å². The fourth-order valence-electron chi connectivity index (χ4n) is 2.85. The summed E-state index contributed by atoms with van der Waals surface area (Å²) in [5.74, 6) is -0.944. The van der Waals surface area contributed by atoms with Gasteiger partial charge in [0.15, 0.2) is 0 Å². The monoisotopic (exact) mass is 474 g/mol. The Morgan fingerprint density at radius 2 is 1.81 bits per heavy atom. The smallest absolute Gasteiger partial charge is 0.339 e. The van der Waals surface area contributed by atoms with Crippen LogP contribution >= 0.6 is 11.6 Å². The van der Waals surface area contributed by atoms with E-state index < -0.39 is 32.3 Å². The molecule has 0 fully saturated rings. The minimum atomic E-state index is -4.32. The Labute approximate surface area is 185 Å². The third kappa shape index (κ3) is 4.29. The first-order valence-electron chi connectivity index (χ1n) is 8.89. The lowest BCUT2D eigenvalue weighted by Gasteiger charge is -2.11. The molecule has 0 spiro atoms. The van der Waals surface area contributed by atoms with Crippen molar-refractivity contribution >= 4 is 49.8 Å². The molecule has 32 heavy (non-hydrogen) atoms. The highest BCUT2D eigenvalue weighted by Crippen LogP contribution is 2.36. The van der Waals surface area contributed by atoms with Crippen LogP contribution in [0.25, 0.3) is 10.9 Å². The van der Waals surface area contributed by atoms with Gasteiger partial charge in [0.25, 0.3) is 0 Å². The second kappa shape index (κ2) is 8.36. The number of benzene rings is 3. The predicted molar refractivity (Wildman–Crippen MR) is 115 cm³/mol. The standard InChI is InChI=1S/C20H12ClFN4O5S/c21-15-8-12(6-7-16(15)22)25-20-14-9-18(26(27)28)19(10-17(14)23-11-24-20)31-32(29,30)13-4-2-1-3-5-13/h1-11H,(H,23,24,25). The highest BCUT2D eigenvalue weighted by atomic mass is 35.5. The summed E-state index contributed by atoms with van der Waals surface area (Å²) in [6, 6.07) is 13.3. The third-order valence-corrected chi connectivity index (χ3v) is 5.86. The van der Waals surface area contributed by atoms with Crippen molar-refractivity contribution in [3.8, 4) is 5.75 Å². The fraction of sp³-hybridized carbons (Fsp3) is 0. The number of nitrogens with one attached hydrogen (secondary N) is 1. The van der Waals surface area contributed by atoms with Gasteiger partial charge in [0.1, 0.15) is 22.9 Å². The molecule has 0 amide bonds. The van der Waals surface area contributed by atoms with E-state index in [1.165, 1.54) is 42.7 Å². The summed E-state index contributed by atoms with van der Waals surface area (Å²) in [5.41, 5.74) is -0.0439. The molecule has 1 aromatic heterocycles. The van der Waals surface area contributed by atoms with Crippen molar-refractivity contribution in [3.05, 3.63) is 87.9 Å². The number of nitro benzene ring substituents is 1. The molecular formula is C20H12ClFN4O5S. The van der Waals surface area contributed by atoms with Crippen LogP contribution in [0.4, 0.5) is 21.6 Å². The Kier molecular flexibility index (Phi) is 5.59. The predicted octanol–water partition coefficient (Wildman–Crippen LogP) is 4.84. The zero-order valence-electron chi connectivity index (χ0n) is 15.9. The number of nitrogens with zero attached hydrogens (tertiary/aromatic N) is 3.